The van der Waals surface area contributed by atoms with Crippen LogP contribution < -0.4 is 11.2 Å². The molecule has 8 heteroatoms. The van der Waals surface area contributed by atoms with Gasteiger partial charge in [-0.2, -0.15) is 0 Å². The smallest absolute Gasteiger partial charge is 0.410 e. The maximum atomic E-state index is 13.7. The summed E-state index contributed by atoms with van der Waals surface area (Å²) in [6, 6.07) is 17.6. The van der Waals surface area contributed by atoms with Crippen molar-refractivity contribution in [2.24, 2.45) is 0 Å². The molecule has 2 aromatic carbocycles. The van der Waals surface area contributed by atoms with E-state index in [0.717, 1.165) is 27.1 Å². The van der Waals surface area contributed by atoms with Gasteiger partial charge in [-0.3, -0.25) is 13.9 Å². The van der Waals surface area contributed by atoms with Crippen LogP contribution in [0.1, 0.15) is 34.1 Å². The van der Waals surface area contributed by atoms with Crippen molar-refractivity contribution < 1.29 is 9.53 Å². The van der Waals surface area contributed by atoms with Gasteiger partial charge in [-0.25, -0.2) is 9.59 Å². The van der Waals surface area contributed by atoms with Crippen molar-refractivity contribution in [3.8, 4) is 0 Å². The minimum Gasteiger partial charge on any atom is -0.450 e. The van der Waals surface area contributed by atoms with Gasteiger partial charge in [0.25, 0.3) is 5.56 Å². The molecule has 0 fully saturated rings. The molecule has 1 aliphatic heterocycles. The number of aryl methyl sites for hydroxylation is 1. The minimum absolute atomic E-state index is 0.210. The summed E-state index contributed by atoms with van der Waals surface area (Å²) in [5.74, 6) is 0. The van der Waals surface area contributed by atoms with E-state index in [0.29, 0.717) is 42.9 Å². The summed E-state index contributed by atoms with van der Waals surface area (Å²) in [5.41, 5.74) is 3.37. The van der Waals surface area contributed by atoms with Gasteiger partial charge in [0, 0.05) is 11.4 Å². The molecule has 180 valence electrons. The highest BCUT2D eigenvalue weighted by Crippen LogP contribution is 2.33. The van der Waals surface area contributed by atoms with E-state index in [1.807, 2.05) is 61.5 Å². The number of hydrogen-bond donors (Lipinski definition) is 0. The average molecular weight is 490 g/mol. The number of thiophene rings is 1. The van der Waals surface area contributed by atoms with E-state index in [-0.39, 0.29) is 23.9 Å². The Morgan fingerprint density at radius 2 is 1.66 bits per heavy atom. The standard InChI is InChI=1S/C27H27N3O4S/c1-3-34-27(33)28-14-13-21-22(17-28)35-25-23(21)24(31)29(15-19-7-5-4-6-8-19)26(32)30(25)16-20-11-9-18(2)10-12-20/h4-12H,3,13-17H2,1-2H3. The fourth-order valence-corrected chi connectivity index (χ4v) is 5.89. The summed E-state index contributed by atoms with van der Waals surface area (Å²) in [4.78, 5) is 43.0. The fourth-order valence-electron chi connectivity index (χ4n) is 4.55. The van der Waals surface area contributed by atoms with Crippen LogP contribution in [0.3, 0.4) is 0 Å². The van der Waals surface area contributed by atoms with Crippen molar-refractivity contribution >= 4 is 27.6 Å². The summed E-state index contributed by atoms with van der Waals surface area (Å²) in [5, 5.41) is 0.594. The first-order valence-corrected chi connectivity index (χ1v) is 12.6. The molecule has 4 aromatic rings. The normalized spacial score (nSPS) is 13.1. The van der Waals surface area contributed by atoms with Crippen LogP contribution in [0.5, 0.6) is 0 Å². The number of benzene rings is 2. The zero-order valence-electron chi connectivity index (χ0n) is 19.8. The van der Waals surface area contributed by atoms with Gasteiger partial charge in [0.15, 0.2) is 0 Å². The molecule has 0 aliphatic carbocycles. The lowest BCUT2D eigenvalue weighted by Crippen LogP contribution is -2.40. The molecule has 0 radical (unpaired) electrons. The molecule has 2 aromatic heterocycles. The second-order valence-electron chi connectivity index (χ2n) is 8.79. The summed E-state index contributed by atoms with van der Waals surface area (Å²) < 4.78 is 8.24. The first-order chi connectivity index (χ1) is 17.0. The molecule has 0 saturated heterocycles. The van der Waals surface area contributed by atoms with Crippen molar-refractivity contribution in [1.82, 2.24) is 14.0 Å². The molecule has 0 atom stereocenters. The lowest BCUT2D eigenvalue weighted by atomic mass is 10.1. The van der Waals surface area contributed by atoms with E-state index < -0.39 is 0 Å². The Labute approximate surface area is 206 Å². The van der Waals surface area contributed by atoms with Crippen molar-refractivity contribution in [1.29, 1.82) is 0 Å². The number of rotatable bonds is 5. The molecular formula is C27H27N3O4S. The highest BCUT2D eigenvalue weighted by molar-refractivity contribution is 7.18. The van der Waals surface area contributed by atoms with Gasteiger partial charge in [-0.1, -0.05) is 60.2 Å². The van der Waals surface area contributed by atoms with Crippen LogP contribution in [0.15, 0.2) is 64.2 Å². The second kappa shape index (κ2) is 9.54. The van der Waals surface area contributed by atoms with Gasteiger partial charge in [0.05, 0.1) is 31.6 Å². The Morgan fingerprint density at radius 1 is 0.971 bits per heavy atom. The van der Waals surface area contributed by atoms with Crippen LogP contribution in [0.2, 0.25) is 0 Å². The van der Waals surface area contributed by atoms with Crippen molar-refractivity contribution in [3.05, 3.63) is 103 Å². The summed E-state index contributed by atoms with van der Waals surface area (Å²) in [6.07, 6.45) is 0.200. The molecular weight excluding hydrogens is 462 g/mol. The molecule has 3 heterocycles. The average Bonchev–Trinajstić information content (AvgIpc) is 3.25. The SMILES string of the molecule is CCOC(=O)N1CCc2c(sc3c2c(=O)n(Cc2ccccc2)c(=O)n3Cc2ccc(C)cc2)C1. The third kappa shape index (κ3) is 4.41. The van der Waals surface area contributed by atoms with Crippen LogP contribution in [-0.2, 0) is 30.8 Å². The topological polar surface area (TPSA) is 73.5 Å². The van der Waals surface area contributed by atoms with Gasteiger partial charge in [0.1, 0.15) is 4.83 Å². The first-order valence-electron chi connectivity index (χ1n) is 11.7. The van der Waals surface area contributed by atoms with Crippen LogP contribution in [0.25, 0.3) is 10.2 Å². The Balaban J connectivity index is 1.67. The largest absolute Gasteiger partial charge is 0.450 e. The lowest BCUT2D eigenvalue weighted by molar-refractivity contribution is 0.103. The Kier molecular flexibility index (Phi) is 6.30. The summed E-state index contributed by atoms with van der Waals surface area (Å²) >= 11 is 1.43. The Morgan fingerprint density at radius 3 is 2.37 bits per heavy atom. The number of fused-ring (bicyclic) bond motifs is 3. The summed E-state index contributed by atoms with van der Waals surface area (Å²) in [7, 11) is 0. The third-order valence-corrected chi connectivity index (χ3v) is 7.61. The van der Waals surface area contributed by atoms with E-state index in [2.05, 4.69) is 0 Å². The molecule has 0 unspecified atom stereocenters. The molecule has 7 nitrogen and oxygen atoms in total. The van der Waals surface area contributed by atoms with Crippen molar-refractivity contribution in [2.75, 3.05) is 13.2 Å². The Bertz CT molecular complexity index is 1500. The van der Waals surface area contributed by atoms with E-state index in [4.69, 9.17) is 4.74 Å². The van der Waals surface area contributed by atoms with Crippen LogP contribution in [0, 0.1) is 6.92 Å². The van der Waals surface area contributed by atoms with E-state index >= 15 is 0 Å². The van der Waals surface area contributed by atoms with Crippen molar-refractivity contribution in [2.45, 2.75) is 39.9 Å². The number of ether oxygens (including phenoxy) is 1. The predicted molar refractivity (Wildman–Crippen MR) is 137 cm³/mol. The van der Waals surface area contributed by atoms with Gasteiger partial charge in [-0.15, -0.1) is 11.3 Å². The molecule has 1 aliphatic rings. The zero-order valence-corrected chi connectivity index (χ0v) is 20.6. The van der Waals surface area contributed by atoms with E-state index in [1.54, 1.807) is 16.4 Å². The molecule has 0 bridgehead atoms. The fraction of sp³-hybridized carbons (Fsp3) is 0.296. The van der Waals surface area contributed by atoms with Crippen LogP contribution in [0.4, 0.5) is 4.79 Å². The van der Waals surface area contributed by atoms with Crippen molar-refractivity contribution in [3.63, 3.8) is 0 Å². The maximum absolute atomic E-state index is 13.7. The van der Waals surface area contributed by atoms with Crippen LogP contribution in [-0.4, -0.2) is 33.3 Å². The van der Waals surface area contributed by atoms with Crippen LogP contribution >= 0.6 is 11.3 Å². The van der Waals surface area contributed by atoms with Gasteiger partial charge in [-0.05, 0) is 37.0 Å². The molecule has 0 N–H and O–H groups in total. The minimum atomic E-state index is -0.353. The lowest BCUT2D eigenvalue weighted by Gasteiger charge is -2.25. The first kappa shape index (κ1) is 23.1. The van der Waals surface area contributed by atoms with E-state index in [9.17, 15) is 14.4 Å². The monoisotopic (exact) mass is 489 g/mol. The van der Waals surface area contributed by atoms with Gasteiger partial charge < -0.3 is 9.64 Å². The number of hydrogen-bond acceptors (Lipinski definition) is 5. The molecule has 0 saturated carbocycles. The third-order valence-electron chi connectivity index (χ3n) is 6.38. The number of amides is 1. The maximum Gasteiger partial charge on any atom is 0.410 e. The number of nitrogens with zero attached hydrogens (tertiary/aromatic N) is 3. The molecule has 1 amide bonds. The zero-order chi connectivity index (χ0) is 24.5. The van der Waals surface area contributed by atoms with Gasteiger partial charge >= 0.3 is 11.8 Å². The predicted octanol–water partition coefficient (Wildman–Crippen LogP) is 4.14. The number of aromatic nitrogens is 2. The molecule has 5 rings (SSSR count). The Hall–Kier alpha value is -3.65. The molecule has 35 heavy (non-hydrogen) atoms. The summed E-state index contributed by atoms with van der Waals surface area (Å²) in [6.45, 7) is 5.56. The second-order valence-corrected chi connectivity index (χ2v) is 9.87. The quantitative estimate of drug-likeness (QED) is 0.422. The number of carbonyl (C=O) groups is 1. The number of carbonyl (C=O) groups excluding carboxylic acids is 1. The highest BCUT2D eigenvalue weighted by Gasteiger charge is 2.28. The molecule has 0 spiro atoms. The highest BCUT2D eigenvalue weighted by atomic mass is 32.1. The van der Waals surface area contributed by atoms with E-state index in [1.165, 1.54) is 15.9 Å². The van der Waals surface area contributed by atoms with Gasteiger partial charge in [0.2, 0.25) is 0 Å².